The van der Waals surface area contributed by atoms with E-state index in [2.05, 4.69) is 49.2 Å². The van der Waals surface area contributed by atoms with E-state index in [1.54, 1.807) is 6.20 Å². The van der Waals surface area contributed by atoms with Crippen molar-refractivity contribution in [3.63, 3.8) is 0 Å². The summed E-state index contributed by atoms with van der Waals surface area (Å²) in [7, 11) is 0. The van der Waals surface area contributed by atoms with Crippen molar-refractivity contribution in [3.05, 3.63) is 68.3 Å². The van der Waals surface area contributed by atoms with Crippen LogP contribution in [0.4, 0.5) is 10.5 Å². The van der Waals surface area contributed by atoms with E-state index in [1.165, 1.54) is 0 Å². The third-order valence-corrected chi connectivity index (χ3v) is 3.71. The van der Waals surface area contributed by atoms with E-state index in [-0.39, 0.29) is 6.03 Å². The van der Waals surface area contributed by atoms with Crippen molar-refractivity contribution >= 4 is 56.3 Å². The molecule has 2 aromatic rings. The second-order valence-electron chi connectivity index (χ2n) is 3.99. The van der Waals surface area contributed by atoms with Gasteiger partial charge in [0.25, 0.3) is 0 Å². The van der Waals surface area contributed by atoms with E-state index in [1.807, 2.05) is 54.6 Å². The number of benzene rings is 2. The molecule has 0 saturated heterocycles. The van der Waals surface area contributed by atoms with Gasteiger partial charge in [-0.1, -0.05) is 28.1 Å². The predicted octanol–water partition coefficient (Wildman–Crippen LogP) is 4.85. The molecule has 2 amide bonds. The first-order chi connectivity index (χ1) is 9.63. The highest BCUT2D eigenvalue weighted by Gasteiger charge is 1.98. The zero-order chi connectivity index (χ0) is 14.4. The van der Waals surface area contributed by atoms with E-state index in [9.17, 15) is 4.79 Å². The molecule has 20 heavy (non-hydrogen) atoms. The van der Waals surface area contributed by atoms with Crippen molar-refractivity contribution in [2.45, 2.75) is 0 Å². The van der Waals surface area contributed by atoms with E-state index < -0.39 is 0 Å². The number of carbonyl (C=O) groups excluding carboxylic acids is 1. The van der Waals surface area contributed by atoms with Gasteiger partial charge in [-0.15, -0.1) is 0 Å². The molecule has 102 valence electrons. The van der Waals surface area contributed by atoms with Crippen LogP contribution in [0.2, 0.25) is 0 Å². The van der Waals surface area contributed by atoms with Crippen LogP contribution in [0, 0.1) is 3.57 Å². The summed E-state index contributed by atoms with van der Waals surface area (Å²) in [5.74, 6) is 0. The summed E-state index contributed by atoms with van der Waals surface area (Å²) < 4.78 is 2.16. The topological polar surface area (TPSA) is 41.1 Å². The molecule has 0 heterocycles. The van der Waals surface area contributed by atoms with Crippen molar-refractivity contribution < 1.29 is 4.79 Å². The highest BCUT2D eigenvalue weighted by Crippen LogP contribution is 2.12. The molecule has 0 bridgehead atoms. The van der Waals surface area contributed by atoms with E-state index in [0.717, 1.165) is 19.3 Å². The lowest BCUT2D eigenvalue weighted by molar-refractivity contribution is 0.255. The molecular weight excluding hydrogens is 431 g/mol. The van der Waals surface area contributed by atoms with E-state index in [0.29, 0.717) is 0 Å². The predicted molar refractivity (Wildman–Crippen MR) is 94.5 cm³/mol. The number of urea groups is 1. The van der Waals surface area contributed by atoms with Crippen LogP contribution in [-0.4, -0.2) is 6.03 Å². The number of nitrogens with one attached hydrogen (secondary N) is 2. The molecule has 0 aliphatic heterocycles. The summed E-state index contributed by atoms with van der Waals surface area (Å²) in [5.41, 5.74) is 1.78. The van der Waals surface area contributed by atoms with E-state index >= 15 is 0 Å². The van der Waals surface area contributed by atoms with Gasteiger partial charge in [0.2, 0.25) is 0 Å². The lowest BCUT2D eigenvalue weighted by Gasteiger charge is -2.04. The van der Waals surface area contributed by atoms with Gasteiger partial charge < -0.3 is 10.6 Å². The molecule has 2 rings (SSSR count). The molecule has 0 radical (unpaired) electrons. The lowest BCUT2D eigenvalue weighted by Crippen LogP contribution is -2.23. The average molecular weight is 443 g/mol. The summed E-state index contributed by atoms with van der Waals surface area (Å²) in [5, 5.41) is 5.42. The van der Waals surface area contributed by atoms with Crippen LogP contribution in [0.1, 0.15) is 5.56 Å². The van der Waals surface area contributed by atoms with Gasteiger partial charge in [0.15, 0.2) is 0 Å². The summed E-state index contributed by atoms with van der Waals surface area (Å²) in [4.78, 5) is 11.7. The second-order valence-corrected chi connectivity index (χ2v) is 6.15. The number of halogens is 2. The Morgan fingerprint density at radius 1 is 1.05 bits per heavy atom. The van der Waals surface area contributed by atoms with Crippen molar-refractivity contribution in [3.8, 4) is 0 Å². The Bertz CT molecular complexity index is 609. The molecule has 0 spiro atoms. The number of hydrogen-bond acceptors (Lipinski definition) is 1. The monoisotopic (exact) mass is 442 g/mol. The van der Waals surface area contributed by atoms with Crippen LogP contribution in [0.15, 0.2) is 59.2 Å². The second kappa shape index (κ2) is 7.44. The molecule has 0 aliphatic rings. The lowest BCUT2D eigenvalue weighted by atomic mass is 10.2. The fraction of sp³-hybridized carbons (Fsp3) is 0. The maximum atomic E-state index is 11.7. The Balaban J connectivity index is 1.85. The molecule has 0 saturated carbocycles. The minimum Gasteiger partial charge on any atom is -0.314 e. The SMILES string of the molecule is O=C(N/C=C/c1ccc(Br)cc1)Nc1ccc(I)cc1. The summed E-state index contributed by atoms with van der Waals surface area (Å²) in [6.45, 7) is 0. The first-order valence-corrected chi connectivity index (χ1v) is 7.76. The number of anilines is 1. The molecule has 2 aromatic carbocycles. The van der Waals surface area contributed by atoms with Gasteiger partial charge in [-0.2, -0.15) is 0 Å². The third-order valence-electron chi connectivity index (χ3n) is 2.46. The summed E-state index contributed by atoms with van der Waals surface area (Å²) >= 11 is 5.59. The van der Waals surface area contributed by atoms with Crippen molar-refractivity contribution in [2.24, 2.45) is 0 Å². The normalized spacial score (nSPS) is 10.5. The number of rotatable bonds is 3. The van der Waals surface area contributed by atoms with Crippen LogP contribution in [-0.2, 0) is 0 Å². The standard InChI is InChI=1S/C15H12BrIN2O/c16-12-3-1-11(2-4-12)9-10-18-15(20)19-14-7-5-13(17)6-8-14/h1-10H,(H2,18,19,20)/b10-9+. The highest BCUT2D eigenvalue weighted by atomic mass is 127. The number of amides is 2. The minimum atomic E-state index is -0.264. The Kier molecular flexibility index (Phi) is 5.60. The average Bonchev–Trinajstić information content (AvgIpc) is 2.44. The van der Waals surface area contributed by atoms with Crippen LogP contribution in [0.5, 0.6) is 0 Å². The summed E-state index contributed by atoms with van der Waals surface area (Å²) in [6.07, 6.45) is 3.45. The van der Waals surface area contributed by atoms with Gasteiger partial charge in [0, 0.05) is 19.9 Å². The first-order valence-electron chi connectivity index (χ1n) is 5.89. The van der Waals surface area contributed by atoms with Crippen LogP contribution >= 0.6 is 38.5 Å². The largest absolute Gasteiger partial charge is 0.323 e. The van der Waals surface area contributed by atoms with Crippen LogP contribution in [0.3, 0.4) is 0 Å². The fourth-order valence-electron chi connectivity index (χ4n) is 1.49. The van der Waals surface area contributed by atoms with Gasteiger partial charge >= 0.3 is 6.03 Å². The highest BCUT2D eigenvalue weighted by molar-refractivity contribution is 14.1. The van der Waals surface area contributed by atoms with Crippen molar-refractivity contribution in [1.82, 2.24) is 5.32 Å². The minimum absolute atomic E-state index is 0.264. The molecule has 2 N–H and O–H groups in total. The zero-order valence-electron chi connectivity index (χ0n) is 10.4. The van der Waals surface area contributed by atoms with Crippen LogP contribution < -0.4 is 10.6 Å². The quantitative estimate of drug-likeness (QED) is 0.655. The molecule has 0 atom stereocenters. The molecule has 0 aromatic heterocycles. The maximum absolute atomic E-state index is 11.7. The Morgan fingerprint density at radius 2 is 1.70 bits per heavy atom. The Morgan fingerprint density at radius 3 is 2.35 bits per heavy atom. The molecule has 0 unspecified atom stereocenters. The van der Waals surface area contributed by atoms with Crippen LogP contribution in [0.25, 0.3) is 6.08 Å². The van der Waals surface area contributed by atoms with E-state index in [4.69, 9.17) is 0 Å². The molecule has 0 aliphatic carbocycles. The molecule has 0 fully saturated rings. The third kappa shape index (κ3) is 4.97. The zero-order valence-corrected chi connectivity index (χ0v) is 14.2. The fourth-order valence-corrected chi connectivity index (χ4v) is 2.11. The number of hydrogen-bond donors (Lipinski definition) is 2. The van der Waals surface area contributed by atoms with Gasteiger partial charge in [0.1, 0.15) is 0 Å². The maximum Gasteiger partial charge on any atom is 0.323 e. The van der Waals surface area contributed by atoms with Gasteiger partial charge in [-0.05, 0) is 70.6 Å². The summed E-state index contributed by atoms with van der Waals surface area (Å²) in [6, 6.07) is 15.1. The van der Waals surface area contributed by atoms with Gasteiger partial charge in [-0.25, -0.2) is 4.79 Å². The molecular formula is C15H12BrIN2O. The Labute approximate surface area is 139 Å². The van der Waals surface area contributed by atoms with Gasteiger partial charge in [-0.3, -0.25) is 0 Å². The first kappa shape index (κ1) is 15.1. The number of carbonyl (C=O) groups is 1. The van der Waals surface area contributed by atoms with Crippen molar-refractivity contribution in [1.29, 1.82) is 0 Å². The smallest absolute Gasteiger partial charge is 0.314 e. The molecule has 3 nitrogen and oxygen atoms in total. The Hall–Kier alpha value is -1.34. The molecule has 5 heteroatoms. The van der Waals surface area contributed by atoms with Crippen molar-refractivity contribution in [2.75, 3.05) is 5.32 Å². The van der Waals surface area contributed by atoms with Gasteiger partial charge in [0.05, 0.1) is 0 Å².